The van der Waals surface area contributed by atoms with Crippen molar-refractivity contribution < 1.29 is 39.4 Å². The topological polar surface area (TPSA) is 46.2 Å². The molecule has 0 saturated heterocycles. The molecular formula is C4H12NNaO2S. The van der Waals surface area contributed by atoms with Gasteiger partial charge in [0.1, 0.15) is 0 Å². The molecule has 3 nitrogen and oxygen atoms in total. The van der Waals surface area contributed by atoms with E-state index in [9.17, 15) is 8.42 Å². The van der Waals surface area contributed by atoms with E-state index >= 15 is 0 Å². The summed E-state index contributed by atoms with van der Waals surface area (Å²) < 4.78 is 23.4. The maximum absolute atomic E-state index is 10.6. The monoisotopic (exact) mass is 161 g/mol. The zero-order chi connectivity index (χ0) is 6.78. The van der Waals surface area contributed by atoms with Crippen molar-refractivity contribution in [3.05, 3.63) is 0 Å². The first-order valence-corrected chi connectivity index (χ1v) is 3.97. The zero-order valence-corrected chi connectivity index (χ0v) is 9.12. The number of hydrogen-bond donors (Lipinski definition) is 1. The first-order valence-electron chi connectivity index (χ1n) is 2.43. The van der Waals surface area contributed by atoms with Crippen molar-refractivity contribution >= 4 is 10.0 Å². The molecule has 0 aliphatic carbocycles. The van der Waals surface area contributed by atoms with Crippen molar-refractivity contribution in [2.45, 2.75) is 19.1 Å². The number of hydrogen-bond acceptors (Lipinski definition) is 2. The van der Waals surface area contributed by atoms with Gasteiger partial charge in [0.15, 0.2) is 0 Å². The van der Waals surface area contributed by atoms with Gasteiger partial charge in [-0.2, -0.15) is 0 Å². The molecular weight excluding hydrogens is 149 g/mol. The van der Waals surface area contributed by atoms with Gasteiger partial charge in [-0.25, -0.2) is 13.1 Å². The molecule has 0 spiro atoms. The van der Waals surface area contributed by atoms with Gasteiger partial charge in [0.2, 0.25) is 10.0 Å². The fourth-order valence-corrected chi connectivity index (χ4v) is 0.707. The molecule has 9 heavy (non-hydrogen) atoms. The van der Waals surface area contributed by atoms with Crippen LogP contribution >= 0.6 is 0 Å². The fraction of sp³-hybridized carbons (Fsp3) is 1.00. The molecule has 0 aromatic carbocycles. The Balaban J connectivity index is -0.000000245. The molecule has 1 N–H and O–H groups in total. The van der Waals surface area contributed by atoms with Gasteiger partial charge in [-0.05, 0) is 20.9 Å². The van der Waals surface area contributed by atoms with E-state index in [1.807, 2.05) is 0 Å². The normalized spacial score (nSPS) is 11.1. The van der Waals surface area contributed by atoms with Crippen LogP contribution in [0.4, 0.5) is 0 Å². The maximum Gasteiger partial charge on any atom is 1.00 e. The van der Waals surface area contributed by atoms with Crippen molar-refractivity contribution in [2.24, 2.45) is 0 Å². The smallest absolute Gasteiger partial charge is 1.00 e. The Bertz CT molecular complexity index is 157. The summed E-state index contributed by atoms with van der Waals surface area (Å²) >= 11 is 0. The molecule has 0 fully saturated rings. The van der Waals surface area contributed by atoms with E-state index in [1.165, 1.54) is 7.05 Å². The summed E-state index contributed by atoms with van der Waals surface area (Å²) in [4.78, 5) is 0. The van der Waals surface area contributed by atoms with Crippen LogP contribution in [0.3, 0.4) is 0 Å². The maximum atomic E-state index is 10.6. The molecule has 0 atom stereocenters. The summed E-state index contributed by atoms with van der Waals surface area (Å²) in [5.41, 5.74) is 0. The molecule has 0 amide bonds. The number of rotatable bonds is 2. The Labute approximate surface area is 80.0 Å². The molecule has 0 radical (unpaired) electrons. The van der Waals surface area contributed by atoms with E-state index < -0.39 is 10.0 Å². The van der Waals surface area contributed by atoms with Gasteiger partial charge in [0, 0.05) is 0 Å². The van der Waals surface area contributed by atoms with E-state index in [4.69, 9.17) is 0 Å². The second-order valence-electron chi connectivity index (χ2n) is 1.80. The van der Waals surface area contributed by atoms with E-state index in [0.29, 0.717) is 0 Å². The van der Waals surface area contributed by atoms with E-state index in [2.05, 4.69) is 4.72 Å². The summed E-state index contributed by atoms with van der Waals surface area (Å²) in [5, 5.41) is -0.326. The van der Waals surface area contributed by atoms with Gasteiger partial charge in [-0.1, -0.05) is 0 Å². The van der Waals surface area contributed by atoms with Crippen LogP contribution in [0.5, 0.6) is 0 Å². The molecule has 0 saturated carbocycles. The molecule has 0 aliphatic heterocycles. The van der Waals surface area contributed by atoms with Crippen LogP contribution in [0.25, 0.3) is 0 Å². The van der Waals surface area contributed by atoms with Crippen molar-refractivity contribution in [3.63, 3.8) is 0 Å². The Kier molecular flexibility index (Phi) is 6.54. The van der Waals surface area contributed by atoms with Crippen molar-refractivity contribution in [2.75, 3.05) is 7.05 Å². The summed E-state index contributed by atoms with van der Waals surface area (Å²) in [5.74, 6) is 0. The van der Waals surface area contributed by atoms with Crippen LogP contribution < -0.4 is 34.3 Å². The van der Waals surface area contributed by atoms with Gasteiger partial charge in [0.05, 0.1) is 5.25 Å². The van der Waals surface area contributed by atoms with Gasteiger partial charge in [-0.15, -0.1) is 0 Å². The summed E-state index contributed by atoms with van der Waals surface area (Å²) in [6, 6.07) is 0. The average Bonchev–Trinajstić information content (AvgIpc) is 1.67. The van der Waals surface area contributed by atoms with Gasteiger partial charge in [-0.3, -0.25) is 0 Å². The van der Waals surface area contributed by atoms with Gasteiger partial charge < -0.3 is 1.43 Å². The SMILES string of the molecule is CNS(=O)(=O)C(C)C.[H-].[Na+]. The van der Waals surface area contributed by atoms with Crippen LogP contribution in [0.15, 0.2) is 0 Å². The minimum absolute atomic E-state index is 0. The van der Waals surface area contributed by atoms with Crippen molar-refractivity contribution in [3.8, 4) is 0 Å². The molecule has 0 heterocycles. The number of nitrogens with one attached hydrogen (secondary N) is 1. The predicted molar refractivity (Wildman–Crippen MR) is 34.2 cm³/mol. The largest absolute Gasteiger partial charge is 1.00 e. The summed E-state index contributed by atoms with van der Waals surface area (Å²) in [6.07, 6.45) is 0. The molecule has 5 heteroatoms. The Hall–Kier alpha value is 0.910. The first kappa shape index (κ1) is 12.6. The molecule has 0 aromatic heterocycles. The first-order chi connectivity index (χ1) is 3.50. The van der Waals surface area contributed by atoms with Gasteiger partial charge >= 0.3 is 29.6 Å². The van der Waals surface area contributed by atoms with Crippen LogP contribution in [-0.4, -0.2) is 20.7 Å². The van der Waals surface area contributed by atoms with Gasteiger partial charge in [0.25, 0.3) is 0 Å². The van der Waals surface area contributed by atoms with E-state index in [0.717, 1.165) is 0 Å². The van der Waals surface area contributed by atoms with E-state index in [1.54, 1.807) is 13.8 Å². The average molecular weight is 161 g/mol. The zero-order valence-electron chi connectivity index (χ0n) is 7.30. The van der Waals surface area contributed by atoms with Crippen LogP contribution in [0.2, 0.25) is 0 Å². The molecule has 52 valence electrons. The van der Waals surface area contributed by atoms with E-state index in [-0.39, 0.29) is 36.2 Å². The quantitative estimate of drug-likeness (QED) is 0.440. The molecule has 0 aliphatic rings. The Morgan fingerprint density at radius 1 is 1.44 bits per heavy atom. The third-order valence-electron chi connectivity index (χ3n) is 0.905. The Morgan fingerprint density at radius 2 is 1.78 bits per heavy atom. The fourth-order valence-electron chi connectivity index (χ4n) is 0.236. The van der Waals surface area contributed by atoms with Crippen LogP contribution in [0, 0.1) is 0 Å². The van der Waals surface area contributed by atoms with Crippen molar-refractivity contribution in [1.82, 2.24) is 4.72 Å². The Morgan fingerprint density at radius 3 is 1.78 bits per heavy atom. The summed E-state index contributed by atoms with van der Waals surface area (Å²) in [7, 11) is -1.57. The standard InChI is InChI=1S/C4H11NO2S.Na.H/c1-4(2)8(6,7)5-3;;/h4-5H,1-3H3;;/q;+1;-1. The third kappa shape index (κ3) is 4.33. The molecule has 0 bridgehead atoms. The minimum atomic E-state index is -2.99. The third-order valence-corrected chi connectivity index (χ3v) is 2.72. The number of sulfonamides is 1. The second-order valence-corrected chi connectivity index (χ2v) is 4.24. The van der Waals surface area contributed by atoms with Crippen LogP contribution in [0.1, 0.15) is 15.3 Å². The molecule has 0 unspecified atom stereocenters. The van der Waals surface area contributed by atoms with Crippen molar-refractivity contribution in [1.29, 1.82) is 0 Å². The van der Waals surface area contributed by atoms with Crippen LogP contribution in [-0.2, 0) is 10.0 Å². The minimum Gasteiger partial charge on any atom is -1.00 e. The molecule has 0 rings (SSSR count). The predicted octanol–water partition coefficient (Wildman–Crippen LogP) is -2.94. The summed E-state index contributed by atoms with van der Waals surface area (Å²) in [6.45, 7) is 3.26. The molecule has 0 aromatic rings. The second kappa shape index (κ2) is 4.68.